The topological polar surface area (TPSA) is 78.6 Å². The van der Waals surface area contributed by atoms with Gasteiger partial charge < -0.3 is 21.1 Å². The maximum Gasteiger partial charge on any atom is 0.254 e. The average Bonchev–Trinajstić information content (AvgIpc) is 2.29. The molecule has 20 heavy (non-hydrogen) atoms. The Balaban J connectivity index is 2.75. The molecule has 1 amide bonds. The van der Waals surface area contributed by atoms with Gasteiger partial charge in [0.1, 0.15) is 11.6 Å². The molecule has 0 radical (unpaired) electrons. The van der Waals surface area contributed by atoms with E-state index in [0.717, 1.165) is 6.07 Å². The zero-order chi connectivity index (χ0) is 15.5. The molecule has 1 atom stereocenters. The van der Waals surface area contributed by atoms with Crippen molar-refractivity contribution in [2.24, 2.45) is 0 Å². The largest absolute Gasteiger partial charge is 0.396 e. The molecule has 4 N–H and O–H groups in total. The van der Waals surface area contributed by atoms with Gasteiger partial charge in [-0.15, -0.1) is 0 Å². The lowest BCUT2D eigenvalue weighted by atomic mass is 10.1. The number of likely N-dealkylation sites (N-methyl/N-ethyl adjacent to an activating group) is 1. The van der Waals surface area contributed by atoms with E-state index in [4.69, 9.17) is 5.73 Å². The summed E-state index contributed by atoms with van der Waals surface area (Å²) in [6.45, 7) is 1.80. The SMILES string of the molecule is CN(C)CC(C)(O)CNC(=O)c1cc(N)c(F)cc1F. The number of nitrogens with two attached hydrogens (primary N) is 1. The number of amides is 1. The van der Waals surface area contributed by atoms with Crippen LogP contribution in [0.2, 0.25) is 0 Å². The highest BCUT2D eigenvalue weighted by Crippen LogP contribution is 2.16. The Kier molecular flexibility index (Phi) is 5.02. The fourth-order valence-corrected chi connectivity index (χ4v) is 1.84. The van der Waals surface area contributed by atoms with Crippen molar-refractivity contribution in [1.82, 2.24) is 10.2 Å². The molecule has 0 fully saturated rings. The quantitative estimate of drug-likeness (QED) is 0.693. The van der Waals surface area contributed by atoms with Crippen LogP contribution in [0.25, 0.3) is 0 Å². The number of carbonyl (C=O) groups is 1. The van der Waals surface area contributed by atoms with Crippen LogP contribution in [-0.4, -0.2) is 48.7 Å². The Morgan fingerprint density at radius 3 is 2.55 bits per heavy atom. The Bertz CT molecular complexity index is 505. The summed E-state index contributed by atoms with van der Waals surface area (Å²) in [5, 5.41) is 12.4. The minimum atomic E-state index is -1.17. The number of anilines is 1. The zero-order valence-electron chi connectivity index (χ0n) is 11.7. The summed E-state index contributed by atoms with van der Waals surface area (Å²) in [4.78, 5) is 13.6. The van der Waals surface area contributed by atoms with Gasteiger partial charge in [-0.1, -0.05) is 0 Å². The summed E-state index contributed by atoms with van der Waals surface area (Å²) in [5.74, 6) is -2.67. The van der Waals surface area contributed by atoms with Crippen LogP contribution in [-0.2, 0) is 0 Å². The number of rotatable bonds is 5. The van der Waals surface area contributed by atoms with Crippen molar-refractivity contribution >= 4 is 11.6 Å². The van der Waals surface area contributed by atoms with Gasteiger partial charge in [0, 0.05) is 19.2 Å². The third-order valence-electron chi connectivity index (χ3n) is 2.62. The predicted molar refractivity (Wildman–Crippen MR) is 72.3 cm³/mol. The number of benzene rings is 1. The van der Waals surface area contributed by atoms with Crippen LogP contribution in [0.1, 0.15) is 17.3 Å². The third-order valence-corrected chi connectivity index (χ3v) is 2.62. The lowest BCUT2D eigenvalue weighted by Gasteiger charge is -2.27. The van der Waals surface area contributed by atoms with E-state index in [-0.39, 0.29) is 17.8 Å². The van der Waals surface area contributed by atoms with E-state index >= 15 is 0 Å². The number of nitrogens with one attached hydrogen (secondary N) is 1. The number of halogens is 2. The molecule has 0 aliphatic rings. The van der Waals surface area contributed by atoms with Crippen LogP contribution in [0.4, 0.5) is 14.5 Å². The lowest BCUT2D eigenvalue weighted by molar-refractivity contribution is 0.0325. The first-order valence-electron chi connectivity index (χ1n) is 6.02. The van der Waals surface area contributed by atoms with Crippen molar-refractivity contribution in [3.63, 3.8) is 0 Å². The minimum Gasteiger partial charge on any atom is -0.396 e. The second kappa shape index (κ2) is 6.15. The Labute approximate surface area is 116 Å². The summed E-state index contributed by atoms with van der Waals surface area (Å²) >= 11 is 0. The maximum absolute atomic E-state index is 13.5. The molecule has 0 aromatic heterocycles. The second-order valence-electron chi connectivity index (χ2n) is 5.27. The number of nitrogens with zero attached hydrogens (tertiary/aromatic N) is 1. The van der Waals surface area contributed by atoms with Crippen molar-refractivity contribution < 1.29 is 18.7 Å². The zero-order valence-corrected chi connectivity index (χ0v) is 11.7. The number of aliphatic hydroxyl groups is 1. The molecule has 0 saturated carbocycles. The number of carbonyl (C=O) groups excluding carboxylic acids is 1. The van der Waals surface area contributed by atoms with Crippen molar-refractivity contribution in [1.29, 1.82) is 0 Å². The molecule has 1 aromatic carbocycles. The molecule has 0 heterocycles. The van der Waals surface area contributed by atoms with Crippen LogP contribution in [0, 0.1) is 11.6 Å². The van der Waals surface area contributed by atoms with Gasteiger partial charge in [0.25, 0.3) is 5.91 Å². The molecule has 1 unspecified atom stereocenters. The highest BCUT2D eigenvalue weighted by atomic mass is 19.1. The molecule has 1 aromatic rings. The van der Waals surface area contributed by atoms with Gasteiger partial charge in [-0.2, -0.15) is 0 Å². The molecule has 0 aliphatic carbocycles. The summed E-state index contributed by atoms with van der Waals surface area (Å²) in [6, 6.07) is 1.49. The fraction of sp³-hybridized carbons (Fsp3) is 0.462. The smallest absolute Gasteiger partial charge is 0.254 e. The molecule has 0 saturated heterocycles. The van der Waals surface area contributed by atoms with Crippen LogP contribution in [0.5, 0.6) is 0 Å². The van der Waals surface area contributed by atoms with E-state index in [2.05, 4.69) is 5.32 Å². The molecule has 0 bridgehead atoms. The molecule has 5 nitrogen and oxygen atoms in total. The minimum absolute atomic E-state index is 0.0687. The van der Waals surface area contributed by atoms with E-state index in [1.807, 2.05) is 0 Å². The molecule has 112 valence electrons. The average molecular weight is 287 g/mol. The maximum atomic E-state index is 13.5. The predicted octanol–water partition coefficient (Wildman–Crippen LogP) is 0.589. The van der Waals surface area contributed by atoms with E-state index < -0.39 is 23.1 Å². The second-order valence-corrected chi connectivity index (χ2v) is 5.27. The lowest BCUT2D eigenvalue weighted by Crippen LogP contribution is -2.47. The van der Waals surface area contributed by atoms with Gasteiger partial charge in [0.15, 0.2) is 0 Å². The number of hydrogen-bond acceptors (Lipinski definition) is 4. The summed E-state index contributed by atoms with van der Waals surface area (Å²) in [5.41, 5.74) is 3.47. The Morgan fingerprint density at radius 1 is 1.40 bits per heavy atom. The molecular formula is C13H19F2N3O2. The van der Waals surface area contributed by atoms with Crippen molar-refractivity contribution in [2.75, 3.05) is 32.9 Å². The van der Waals surface area contributed by atoms with Crippen molar-refractivity contribution in [2.45, 2.75) is 12.5 Å². The normalized spacial score (nSPS) is 14.2. The van der Waals surface area contributed by atoms with Gasteiger partial charge in [-0.3, -0.25) is 4.79 Å². The summed E-state index contributed by atoms with van der Waals surface area (Å²) in [7, 11) is 3.55. The van der Waals surface area contributed by atoms with Gasteiger partial charge >= 0.3 is 0 Å². The van der Waals surface area contributed by atoms with Crippen LogP contribution >= 0.6 is 0 Å². The number of hydrogen-bond donors (Lipinski definition) is 3. The summed E-state index contributed by atoms with van der Waals surface area (Å²) in [6.07, 6.45) is 0. The highest BCUT2D eigenvalue weighted by molar-refractivity contribution is 5.95. The van der Waals surface area contributed by atoms with Gasteiger partial charge in [0.2, 0.25) is 0 Å². The first kappa shape index (κ1) is 16.3. The van der Waals surface area contributed by atoms with E-state index in [1.165, 1.54) is 0 Å². The summed E-state index contributed by atoms with van der Waals surface area (Å²) < 4.78 is 26.5. The van der Waals surface area contributed by atoms with E-state index in [0.29, 0.717) is 12.6 Å². The third kappa shape index (κ3) is 4.43. The first-order chi connectivity index (χ1) is 9.12. The Hall–Kier alpha value is -1.73. The van der Waals surface area contributed by atoms with E-state index in [9.17, 15) is 18.7 Å². The van der Waals surface area contributed by atoms with Crippen molar-refractivity contribution in [3.05, 3.63) is 29.3 Å². The fourth-order valence-electron chi connectivity index (χ4n) is 1.84. The molecule has 7 heteroatoms. The highest BCUT2D eigenvalue weighted by Gasteiger charge is 2.23. The van der Waals surface area contributed by atoms with Gasteiger partial charge in [-0.05, 0) is 27.1 Å². The van der Waals surface area contributed by atoms with Gasteiger partial charge in [-0.25, -0.2) is 8.78 Å². The van der Waals surface area contributed by atoms with E-state index in [1.54, 1.807) is 25.9 Å². The Morgan fingerprint density at radius 2 is 2.00 bits per heavy atom. The first-order valence-corrected chi connectivity index (χ1v) is 6.02. The molecule has 0 aliphatic heterocycles. The van der Waals surface area contributed by atoms with Crippen LogP contribution in [0.15, 0.2) is 12.1 Å². The molecular weight excluding hydrogens is 268 g/mol. The molecule has 0 spiro atoms. The van der Waals surface area contributed by atoms with Gasteiger partial charge in [0.05, 0.1) is 16.9 Å². The monoisotopic (exact) mass is 287 g/mol. The standard InChI is InChI=1S/C13H19F2N3O2/c1-13(20,7-18(2)3)6-17-12(19)8-4-11(16)10(15)5-9(8)14/h4-5,20H,6-7,16H2,1-3H3,(H,17,19). The number of nitrogen functional groups attached to an aromatic ring is 1. The molecule has 1 rings (SSSR count). The van der Waals surface area contributed by atoms with Crippen LogP contribution in [0.3, 0.4) is 0 Å². The van der Waals surface area contributed by atoms with Crippen molar-refractivity contribution in [3.8, 4) is 0 Å². The van der Waals surface area contributed by atoms with Crippen LogP contribution < -0.4 is 11.1 Å².